The van der Waals surface area contributed by atoms with Crippen LogP contribution >= 0.6 is 0 Å². The van der Waals surface area contributed by atoms with Gasteiger partial charge in [-0.05, 0) is 43.2 Å². The molecule has 5 rings (SSSR count). The Bertz CT molecular complexity index is 1480. The molecule has 1 aliphatic heterocycles. The van der Waals surface area contributed by atoms with Crippen LogP contribution in [-0.2, 0) is 11.3 Å². The highest BCUT2D eigenvalue weighted by Crippen LogP contribution is 2.37. The van der Waals surface area contributed by atoms with Crippen molar-refractivity contribution < 1.29 is 14.3 Å². The number of likely N-dealkylation sites (tertiary alicyclic amines) is 1. The molecule has 0 saturated carbocycles. The van der Waals surface area contributed by atoms with E-state index in [4.69, 9.17) is 15.5 Å². The molecule has 3 N–H and O–H groups in total. The topological polar surface area (TPSA) is 128 Å². The van der Waals surface area contributed by atoms with Gasteiger partial charge in [0.25, 0.3) is 5.91 Å². The number of benzene rings is 1. The molecule has 0 aliphatic carbocycles. The predicted molar refractivity (Wildman–Crippen MR) is 139 cm³/mol. The molecule has 0 spiro atoms. The summed E-state index contributed by atoms with van der Waals surface area (Å²) in [7, 11) is 1.51. The first-order valence-corrected chi connectivity index (χ1v) is 11.9. The summed E-state index contributed by atoms with van der Waals surface area (Å²) >= 11 is 0. The monoisotopic (exact) mass is 497 g/mol. The summed E-state index contributed by atoms with van der Waals surface area (Å²) in [4.78, 5) is 40.6. The van der Waals surface area contributed by atoms with Gasteiger partial charge in [-0.15, -0.1) is 0 Å². The third kappa shape index (κ3) is 4.49. The average Bonchev–Trinajstić information content (AvgIpc) is 3.57. The highest BCUT2D eigenvalue weighted by molar-refractivity contribution is 5.98. The maximum absolute atomic E-state index is 12.9. The van der Waals surface area contributed by atoms with E-state index in [1.807, 2.05) is 22.6 Å². The van der Waals surface area contributed by atoms with E-state index in [2.05, 4.69) is 21.9 Å². The fourth-order valence-electron chi connectivity index (χ4n) is 4.73. The van der Waals surface area contributed by atoms with Crippen molar-refractivity contribution in [1.82, 2.24) is 29.6 Å². The number of nitrogens with two attached hydrogens (primary N) is 1. The van der Waals surface area contributed by atoms with Crippen LogP contribution in [0.15, 0.2) is 67.6 Å². The van der Waals surface area contributed by atoms with Crippen molar-refractivity contribution in [1.29, 1.82) is 0 Å². The summed E-state index contributed by atoms with van der Waals surface area (Å²) < 4.78 is 7.46. The summed E-state index contributed by atoms with van der Waals surface area (Å²) in [5.41, 5.74) is 9.37. The van der Waals surface area contributed by atoms with Crippen LogP contribution in [0.2, 0.25) is 0 Å². The second-order valence-electron chi connectivity index (χ2n) is 8.66. The number of fused-ring (bicyclic) bond motifs is 1. The van der Waals surface area contributed by atoms with Crippen molar-refractivity contribution in [3.8, 4) is 17.0 Å². The summed E-state index contributed by atoms with van der Waals surface area (Å²) in [6.45, 7) is 4.57. The summed E-state index contributed by atoms with van der Waals surface area (Å²) in [5, 5.41) is 2.87. The number of nitrogens with zero attached hydrogens (tertiary/aromatic N) is 5. The van der Waals surface area contributed by atoms with Crippen LogP contribution in [0.5, 0.6) is 5.75 Å². The molecule has 1 aliphatic rings. The molecule has 0 unspecified atom stereocenters. The number of rotatable bonds is 7. The molecule has 37 heavy (non-hydrogen) atoms. The number of nitrogen functional groups attached to an aromatic ring is 1. The van der Waals surface area contributed by atoms with Gasteiger partial charge >= 0.3 is 0 Å². The van der Waals surface area contributed by atoms with E-state index < -0.39 is 0 Å². The van der Waals surface area contributed by atoms with Crippen molar-refractivity contribution in [3.05, 3.63) is 84.7 Å². The zero-order valence-electron chi connectivity index (χ0n) is 20.4. The number of pyridine rings is 1. The quantitative estimate of drug-likeness (QED) is 0.375. The molecule has 4 heterocycles. The molecule has 4 aromatic rings. The van der Waals surface area contributed by atoms with E-state index >= 15 is 0 Å². The first kappa shape index (κ1) is 24.0. The molecule has 1 saturated heterocycles. The van der Waals surface area contributed by atoms with E-state index in [1.165, 1.54) is 13.2 Å². The Morgan fingerprint density at radius 2 is 2.11 bits per heavy atom. The number of aromatic nitrogens is 4. The second kappa shape index (κ2) is 10.1. The summed E-state index contributed by atoms with van der Waals surface area (Å²) in [6, 6.07) is 10.6. The number of hydrogen-bond donors (Lipinski definition) is 2. The van der Waals surface area contributed by atoms with Crippen molar-refractivity contribution in [3.63, 3.8) is 0 Å². The molecular formula is C27H27N7O3. The summed E-state index contributed by atoms with van der Waals surface area (Å²) in [5.74, 6) is 0.987. The minimum absolute atomic E-state index is 0.134. The van der Waals surface area contributed by atoms with Gasteiger partial charge in [0, 0.05) is 30.7 Å². The highest BCUT2D eigenvalue weighted by Gasteiger charge is 2.33. The molecule has 10 heteroatoms. The molecule has 0 bridgehead atoms. The lowest BCUT2D eigenvalue weighted by Crippen LogP contribution is -2.29. The fourth-order valence-corrected chi connectivity index (χ4v) is 4.73. The highest BCUT2D eigenvalue weighted by atomic mass is 16.5. The van der Waals surface area contributed by atoms with Crippen LogP contribution in [0.3, 0.4) is 0 Å². The molecule has 1 fully saturated rings. The van der Waals surface area contributed by atoms with Crippen LogP contribution in [0.1, 0.15) is 40.8 Å². The normalized spacial score (nSPS) is 15.1. The maximum Gasteiger partial charge on any atom is 0.255 e. The van der Waals surface area contributed by atoms with E-state index in [0.717, 1.165) is 18.5 Å². The molecule has 0 radical (unpaired) electrons. The molecule has 2 amide bonds. The standard InChI is InChI=1S/C27H27N7O3/c1-3-22(35)33-13-6-8-20(33)26-32-23(24-25(28)30-12-14-34(24)26)17-9-10-19(21(15-17)37-2)27(36)31-16-18-7-4-5-11-29-18/h3-5,7,9-12,14-15,20H,1,6,8,13,16H2,2H3,(H2,28,30)(H,31,36)/t20-/m0/s1. The molecular weight excluding hydrogens is 470 g/mol. The SMILES string of the molecule is C=CC(=O)N1CCC[C@H]1c1nc(-c2ccc(C(=O)NCc3ccccn3)c(OC)c2)c2c(N)nccn12. The third-order valence-electron chi connectivity index (χ3n) is 6.49. The van der Waals surface area contributed by atoms with E-state index in [9.17, 15) is 9.59 Å². The van der Waals surface area contributed by atoms with Crippen LogP contribution in [0, 0.1) is 0 Å². The van der Waals surface area contributed by atoms with E-state index in [-0.39, 0.29) is 17.9 Å². The van der Waals surface area contributed by atoms with E-state index in [0.29, 0.717) is 52.8 Å². The van der Waals surface area contributed by atoms with Crippen LogP contribution in [0.25, 0.3) is 16.8 Å². The summed E-state index contributed by atoms with van der Waals surface area (Å²) in [6.07, 6.45) is 8.06. The van der Waals surface area contributed by atoms with Gasteiger partial charge in [-0.3, -0.25) is 19.0 Å². The van der Waals surface area contributed by atoms with Crippen molar-refractivity contribution >= 4 is 23.1 Å². The lowest BCUT2D eigenvalue weighted by atomic mass is 10.1. The largest absolute Gasteiger partial charge is 0.496 e. The van der Waals surface area contributed by atoms with Crippen molar-refractivity contribution in [2.45, 2.75) is 25.4 Å². The number of nitrogens with one attached hydrogen (secondary N) is 1. The number of amides is 2. The van der Waals surface area contributed by atoms with Crippen LogP contribution in [-0.4, -0.2) is 49.7 Å². The maximum atomic E-state index is 12.9. The molecule has 1 aromatic carbocycles. The third-order valence-corrected chi connectivity index (χ3v) is 6.49. The number of anilines is 1. The average molecular weight is 498 g/mol. The number of carbonyl (C=O) groups excluding carboxylic acids is 2. The van der Waals surface area contributed by atoms with Gasteiger partial charge in [0.05, 0.1) is 31.0 Å². The van der Waals surface area contributed by atoms with Crippen LogP contribution in [0.4, 0.5) is 5.82 Å². The van der Waals surface area contributed by atoms with Gasteiger partial charge in [-0.2, -0.15) is 0 Å². The van der Waals surface area contributed by atoms with Gasteiger partial charge in [0.1, 0.15) is 28.6 Å². The van der Waals surface area contributed by atoms with E-state index in [1.54, 1.807) is 41.7 Å². The van der Waals surface area contributed by atoms with Gasteiger partial charge in [0.15, 0.2) is 0 Å². The number of ether oxygens (including phenoxy) is 1. The Kier molecular flexibility index (Phi) is 6.55. The molecule has 10 nitrogen and oxygen atoms in total. The minimum atomic E-state index is -0.282. The zero-order valence-corrected chi connectivity index (χ0v) is 20.4. The molecule has 3 aromatic heterocycles. The zero-order chi connectivity index (χ0) is 25.9. The number of carbonyl (C=O) groups is 2. The number of hydrogen-bond acceptors (Lipinski definition) is 7. The van der Waals surface area contributed by atoms with Crippen LogP contribution < -0.4 is 15.8 Å². The number of methoxy groups -OCH3 is 1. The van der Waals surface area contributed by atoms with Gasteiger partial charge in [-0.25, -0.2) is 9.97 Å². The first-order valence-electron chi connectivity index (χ1n) is 11.9. The molecule has 188 valence electrons. The Morgan fingerprint density at radius 3 is 2.86 bits per heavy atom. The Balaban J connectivity index is 1.52. The van der Waals surface area contributed by atoms with Gasteiger partial charge in [0.2, 0.25) is 5.91 Å². The van der Waals surface area contributed by atoms with Gasteiger partial charge in [-0.1, -0.05) is 18.7 Å². The lowest BCUT2D eigenvalue weighted by Gasteiger charge is -2.22. The molecule has 1 atom stereocenters. The lowest BCUT2D eigenvalue weighted by molar-refractivity contribution is -0.127. The van der Waals surface area contributed by atoms with Gasteiger partial charge < -0.3 is 20.7 Å². The second-order valence-corrected chi connectivity index (χ2v) is 8.66. The van der Waals surface area contributed by atoms with Crippen molar-refractivity contribution in [2.75, 3.05) is 19.4 Å². The van der Waals surface area contributed by atoms with Crippen molar-refractivity contribution in [2.24, 2.45) is 0 Å². The first-order chi connectivity index (χ1) is 18.0. The Morgan fingerprint density at radius 1 is 1.24 bits per heavy atom. The Hall–Kier alpha value is -4.73. The number of imidazole rings is 1. The predicted octanol–water partition coefficient (Wildman–Crippen LogP) is 3.16. The minimum Gasteiger partial charge on any atom is -0.496 e. The Labute approximate surface area is 213 Å². The fraction of sp³-hybridized carbons (Fsp3) is 0.222. The smallest absolute Gasteiger partial charge is 0.255 e.